The van der Waals surface area contributed by atoms with Crippen molar-refractivity contribution in [3.8, 4) is 17.1 Å². The zero-order chi connectivity index (χ0) is 42.2. The maximum atomic E-state index is 2.52. The molecule has 0 aliphatic carbocycles. The van der Waals surface area contributed by atoms with Gasteiger partial charge in [0.15, 0.2) is 8.07 Å². The Morgan fingerprint density at radius 1 is 0.219 bits per heavy atom. The molecule has 0 spiro atoms. The van der Waals surface area contributed by atoms with Crippen LogP contribution in [0.5, 0.6) is 0 Å². The van der Waals surface area contributed by atoms with Crippen molar-refractivity contribution >= 4 is 94.2 Å². The van der Waals surface area contributed by atoms with Gasteiger partial charge in [0.25, 0.3) is 0 Å². The molecule has 0 amide bonds. The molecule has 0 bridgehead atoms. The lowest BCUT2D eigenvalue weighted by Crippen LogP contribution is -2.74. The molecular formula is C60H41N3Si. The Morgan fingerprint density at radius 3 is 1.06 bits per heavy atom. The standard InChI is InChI=1S/C60H41N3Si/c1-5-19-42(20-6-1)61-55-30-16-15-29-51(55)54-41-48(37-40-58(54)61)64(45-23-9-3-10-24-45,46-25-11-4-12-26-46)47-35-33-44(34-36-47)63-57-32-18-14-28-50(57)53-39-38-52-49-27-13-17-31-56(49)62(59(52)60(53)63)43-21-7-2-8-22-43/h1-41H. The van der Waals surface area contributed by atoms with E-state index < -0.39 is 8.07 Å². The Bertz CT molecular complexity index is 3830. The predicted molar refractivity (Wildman–Crippen MR) is 273 cm³/mol. The van der Waals surface area contributed by atoms with E-state index in [9.17, 15) is 0 Å². The summed E-state index contributed by atoms with van der Waals surface area (Å²) in [5.74, 6) is 0. The van der Waals surface area contributed by atoms with Gasteiger partial charge in [-0.2, -0.15) is 0 Å². The number of hydrogen-bond acceptors (Lipinski definition) is 0. The van der Waals surface area contributed by atoms with E-state index in [0.717, 1.165) is 17.1 Å². The topological polar surface area (TPSA) is 14.8 Å². The van der Waals surface area contributed by atoms with Crippen molar-refractivity contribution in [1.82, 2.24) is 13.7 Å². The quantitative estimate of drug-likeness (QED) is 0.112. The smallest absolute Gasteiger partial charge is 0.179 e. The molecule has 300 valence electrons. The van der Waals surface area contributed by atoms with Crippen molar-refractivity contribution in [1.29, 1.82) is 0 Å². The van der Waals surface area contributed by atoms with Gasteiger partial charge in [0.2, 0.25) is 0 Å². The minimum Gasteiger partial charge on any atom is -0.309 e. The summed E-state index contributed by atoms with van der Waals surface area (Å²) in [5.41, 5.74) is 10.7. The lowest BCUT2D eigenvalue weighted by molar-refractivity contribution is 1.15. The van der Waals surface area contributed by atoms with Gasteiger partial charge in [-0.1, -0.05) is 188 Å². The van der Waals surface area contributed by atoms with Gasteiger partial charge in [0, 0.05) is 49.4 Å². The maximum Gasteiger partial charge on any atom is 0.179 e. The minimum absolute atomic E-state index is 1.14. The van der Waals surface area contributed by atoms with E-state index in [1.54, 1.807) is 0 Å². The molecule has 0 N–H and O–H groups in total. The first-order valence-electron chi connectivity index (χ1n) is 22.1. The Balaban J connectivity index is 1.09. The molecule has 0 unspecified atom stereocenters. The molecule has 0 aliphatic rings. The van der Waals surface area contributed by atoms with Gasteiger partial charge < -0.3 is 13.7 Å². The third kappa shape index (κ3) is 5.27. The summed E-state index contributed by atoms with van der Waals surface area (Å²) in [5, 5.41) is 12.9. The number of fused-ring (bicyclic) bond motifs is 10. The molecule has 13 aromatic rings. The summed E-state index contributed by atoms with van der Waals surface area (Å²) >= 11 is 0. The monoisotopic (exact) mass is 831 g/mol. The van der Waals surface area contributed by atoms with Crippen molar-refractivity contribution in [3.05, 3.63) is 249 Å². The van der Waals surface area contributed by atoms with Gasteiger partial charge in [0.1, 0.15) is 0 Å². The molecule has 0 aliphatic heterocycles. The lowest BCUT2D eigenvalue weighted by Gasteiger charge is -2.34. The molecule has 13 rings (SSSR count). The normalized spacial score (nSPS) is 12.1. The largest absolute Gasteiger partial charge is 0.309 e. The Kier molecular flexibility index (Phi) is 8.23. The van der Waals surface area contributed by atoms with E-state index in [2.05, 4.69) is 262 Å². The van der Waals surface area contributed by atoms with E-state index in [4.69, 9.17) is 0 Å². The molecule has 10 aromatic carbocycles. The summed E-state index contributed by atoms with van der Waals surface area (Å²) < 4.78 is 7.38. The first-order chi connectivity index (χ1) is 31.8. The van der Waals surface area contributed by atoms with Crippen LogP contribution in [0.15, 0.2) is 249 Å². The highest BCUT2D eigenvalue weighted by molar-refractivity contribution is 7.20. The van der Waals surface area contributed by atoms with Gasteiger partial charge in [-0.05, 0) is 81.4 Å². The predicted octanol–water partition coefficient (Wildman–Crippen LogP) is 12.4. The average molecular weight is 832 g/mol. The number of nitrogens with zero attached hydrogens (tertiary/aromatic N) is 3. The molecular weight excluding hydrogens is 791 g/mol. The third-order valence-electron chi connectivity index (χ3n) is 13.6. The minimum atomic E-state index is -2.93. The number of benzene rings is 10. The second-order valence-corrected chi connectivity index (χ2v) is 20.7. The summed E-state index contributed by atoms with van der Waals surface area (Å²) in [6.07, 6.45) is 0. The summed E-state index contributed by atoms with van der Waals surface area (Å²) in [6.45, 7) is 0. The van der Waals surface area contributed by atoms with Crippen LogP contribution in [0.2, 0.25) is 0 Å². The van der Waals surface area contributed by atoms with E-state index in [1.807, 2.05) is 0 Å². The van der Waals surface area contributed by atoms with E-state index >= 15 is 0 Å². The van der Waals surface area contributed by atoms with Crippen LogP contribution in [0.4, 0.5) is 0 Å². The third-order valence-corrected chi connectivity index (χ3v) is 18.4. The second kappa shape index (κ2) is 14.5. The zero-order valence-electron chi connectivity index (χ0n) is 35.0. The van der Waals surface area contributed by atoms with Crippen LogP contribution >= 0.6 is 0 Å². The van der Waals surface area contributed by atoms with E-state index in [-0.39, 0.29) is 0 Å². The van der Waals surface area contributed by atoms with Crippen LogP contribution in [-0.2, 0) is 0 Å². The molecule has 0 fully saturated rings. The maximum absolute atomic E-state index is 2.93. The average Bonchev–Trinajstić information content (AvgIpc) is 4.01. The molecule has 4 heteroatoms. The second-order valence-electron chi connectivity index (χ2n) is 16.8. The van der Waals surface area contributed by atoms with Crippen molar-refractivity contribution in [2.75, 3.05) is 0 Å². The molecule has 3 heterocycles. The van der Waals surface area contributed by atoms with E-state index in [1.165, 1.54) is 86.2 Å². The molecule has 0 atom stereocenters. The van der Waals surface area contributed by atoms with Gasteiger partial charge in [-0.15, -0.1) is 0 Å². The van der Waals surface area contributed by atoms with E-state index in [0.29, 0.717) is 0 Å². The Hall–Kier alpha value is -8.18. The van der Waals surface area contributed by atoms with Crippen molar-refractivity contribution < 1.29 is 0 Å². The molecule has 0 saturated carbocycles. The van der Waals surface area contributed by atoms with Crippen LogP contribution in [-0.4, -0.2) is 21.8 Å². The molecule has 0 radical (unpaired) electrons. The van der Waals surface area contributed by atoms with Gasteiger partial charge in [0.05, 0.1) is 33.1 Å². The molecule has 64 heavy (non-hydrogen) atoms. The van der Waals surface area contributed by atoms with Crippen molar-refractivity contribution in [2.45, 2.75) is 0 Å². The Labute approximate surface area is 372 Å². The SMILES string of the molecule is c1ccc(-n2c3ccccc3c3cc([Si](c4ccccc4)(c4ccccc4)c4ccc(-n5c6ccccc6c6ccc7c8ccccc8n(-c8ccccc8)c7c65)cc4)ccc32)cc1. The first-order valence-corrected chi connectivity index (χ1v) is 24.1. The molecule has 3 nitrogen and oxygen atoms in total. The number of rotatable bonds is 7. The van der Waals surface area contributed by atoms with Crippen molar-refractivity contribution in [3.63, 3.8) is 0 Å². The fraction of sp³-hybridized carbons (Fsp3) is 0. The van der Waals surface area contributed by atoms with Crippen LogP contribution < -0.4 is 20.7 Å². The highest BCUT2D eigenvalue weighted by Gasteiger charge is 2.42. The molecule has 0 saturated heterocycles. The van der Waals surface area contributed by atoms with Gasteiger partial charge in [-0.3, -0.25) is 0 Å². The lowest BCUT2D eigenvalue weighted by atomic mass is 10.1. The van der Waals surface area contributed by atoms with Crippen molar-refractivity contribution in [2.24, 2.45) is 0 Å². The van der Waals surface area contributed by atoms with Gasteiger partial charge in [-0.25, -0.2) is 0 Å². The number of para-hydroxylation sites is 5. The summed E-state index contributed by atoms with van der Waals surface area (Å²) in [7, 11) is -2.93. The highest BCUT2D eigenvalue weighted by atomic mass is 28.3. The fourth-order valence-electron chi connectivity index (χ4n) is 10.9. The summed E-state index contributed by atoms with van der Waals surface area (Å²) in [4.78, 5) is 0. The van der Waals surface area contributed by atoms with Crippen LogP contribution in [0.1, 0.15) is 0 Å². The van der Waals surface area contributed by atoms with Gasteiger partial charge >= 0.3 is 0 Å². The molecule has 3 aromatic heterocycles. The fourth-order valence-corrected chi connectivity index (χ4v) is 15.7. The van der Waals surface area contributed by atoms with Crippen LogP contribution in [0, 0.1) is 0 Å². The number of hydrogen-bond donors (Lipinski definition) is 0. The first kappa shape index (κ1) is 36.5. The Morgan fingerprint density at radius 2 is 0.562 bits per heavy atom. The van der Waals surface area contributed by atoms with Crippen LogP contribution in [0.3, 0.4) is 0 Å². The number of aromatic nitrogens is 3. The highest BCUT2D eigenvalue weighted by Crippen LogP contribution is 2.41. The summed E-state index contributed by atoms with van der Waals surface area (Å²) in [6, 6.07) is 92.3. The zero-order valence-corrected chi connectivity index (χ0v) is 36.0. The van der Waals surface area contributed by atoms with Crippen LogP contribution in [0.25, 0.3) is 82.5 Å².